The van der Waals surface area contributed by atoms with Crippen molar-refractivity contribution < 1.29 is 4.74 Å². The fourth-order valence-corrected chi connectivity index (χ4v) is 1.77. The Bertz CT molecular complexity index is 264. The molecule has 3 heteroatoms. The zero-order chi connectivity index (χ0) is 9.10. The van der Waals surface area contributed by atoms with Gasteiger partial charge in [-0.2, -0.15) is 5.10 Å². The van der Waals surface area contributed by atoms with Gasteiger partial charge in [0.1, 0.15) is 0 Å². The van der Waals surface area contributed by atoms with E-state index < -0.39 is 0 Å². The highest BCUT2D eigenvalue weighted by atomic mass is 16.5. The Morgan fingerprint density at radius 3 is 3.23 bits per heavy atom. The van der Waals surface area contributed by atoms with E-state index in [0.717, 1.165) is 19.6 Å². The summed E-state index contributed by atoms with van der Waals surface area (Å²) in [6.45, 7) is 4.02. The topological polar surface area (TPSA) is 27.1 Å². The number of hydrogen-bond donors (Lipinski definition) is 0. The summed E-state index contributed by atoms with van der Waals surface area (Å²) in [5.74, 6) is 0. The van der Waals surface area contributed by atoms with Crippen molar-refractivity contribution in [2.75, 3.05) is 6.61 Å². The highest BCUT2D eigenvalue weighted by molar-refractivity contribution is 4.96. The molecule has 0 amide bonds. The number of aryl methyl sites for hydroxylation is 2. The largest absolute Gasteiger partial charge is 0.378 e. The van der Waals surface area contributed by atoms with Crippen molar-refractivity contribution in [1.29, 1.82) is 0 Å². The molecular weight excluding hydrogens is 164 g/mol. The molecule has 1 atom stereocenters. The number of ether oxygens (including phenoxy) is 1. The molecule has 2 rings (SSSR count). The third kappa shape index (κ3) is 2.10. The Labute approximate surface area is 78.7 Å². The summed E-state index contributed by atoms with van der Waals surface area (Å²) < 4.78 is 7.59. The lowest BCUT2D eigenvalue weighted by molar-refractivity contribution is 0.0993. The van der Waals surface area contributed by atoms with Gasteiger partial charge in [-0.3, -0.25) is 4.68 Å². The molecule has 0 aliphatic carbocycles. The van der Waals surface area contributed by atoms with E-state index in [2.05, 4.69) is 12.0 Å². The van der Waals surface area contributed by atoms with Crippen molar-refractivity contribution in [1.82, 2.24) is 9.78 Å². The number of hydrogen-bond acceptors (Lipinski definition) is 2. The van der Waals surface area contributed by atoms with Crippen molar-refractivity contribution in [2.24, 2.45) is 0 Å². The van der Waals surface area contributed by atoms with Gasteiger partial charge in [-0.15, -0.1) is 0 Å². The minimum atomic E-state index is 0.476. The average molecular weight is 180 g/mol. The molecular formula is C10H16N2O. The Morgan fingerprint density at radius 2 is 2.62 bits per heavy atom. The first kappa shape index (κ1) is 8.75. The molecule has 0 saturated carbocycles. The lowest BCUT2D eigenvalue weighted by atomic mass is 10.2. The van der Waals surface area contributed by atoms with Crippen LogP contribution in [0.3, 0.4) is 0 Å². The molecule has 0 bridgehead atoms. The Balaban J connectivity index is 1.82. The molecule has 0 spiro atoms. The van der Waals surface area contributed by atoms with Gasteiger partial charge in [-0.25, -0.2) is 0 Å². The van der Waals surface area contributed by atoms with E-state index >= 15 is 0 Å². The predicted octanol–water partition coefficient (Wildman–Crippen LogP) is 1.76. The lowest BCUT2D eigenvalue weighted by Gasteiger charge is -2.09. The average Bonchev–Trinajstić information content (AvgIpc) is 2.72. The van der Waals surface area contributed by atoms with Crippen molar-refractivity contribution in [3.63, 3.8) is 0 Å². The Hall–Kier alpha value is -0.830. The van der Waals surface area contributed by atoms with Gasteiger partial charge in [0.15, 0.2) is 0 Å². The first-order valence-electron chi connectivity index (χ1n) is 4.96. The summed E-state index contributed by atoms with van der Waals surface area (Å²) in [6.07, 6.45) is 5.87. The highest BCUT2D eigenvalue weighted by Gasteiger charge is 2.15. The Morgan fingerprint density at radius 1 is 1.69 bits per heavy atom. The van der Waals surface area contributed by atoms with E-state index in [1.807, 2.05) is 16.9 Å². The molecule has 3 nitrogen and oxygen atoms in total. The second-order valence-electron chi connectivity index (χ2n) is 3.62. The van der Waals surface area contributed by atoms with Crippen LogP contribution in [0.2, 0.25) is 0 Å². The standard InChI is InChI=1S/C10H16N2O/c1-9-4-6-11-12(9)7-5-10-3-2-8-13-10/h4,6,10H,2-3,5,7-8H2,1H3. The maximum atomic E-state index is 5.55. The zero-order valence-corrected chi connectivity index (χ0v) is 8.07. The first-order chi connectivity index (χ1) is 6.36. The maximum Gasteiger partial charge on any atom is 0.0593 e. The number of aromatic nitrogens is 2. The van der Waals surface area contributed by atoms with Gasteiger partial charge in [0.25, 0.3) is 0 Å². The quantitative estimate of drug-likeness (QED) is 0.708. The summed E-state index contributed by atoms with van der Waals surface area (Å²) in [6, 6.07) is 2.04. The normalized spacial score (nSPS) is 22.4. The van der Waals surface area contributed by atoms with Crippen molar-refractivity contribution in [3.05, 3.63) is 18.0 Å². The van der Waals surface area contributed by atoms with Crippen molar-refractivity contribution in [2.45, 2.75) is 38.8 Å². The Kier molecular flexibility index (Phi) is 2.64. The second kappa shape index (κ2) is 3.92. The van der Waals surface area contributed by atoms with Crippen LogP contribution in [-0.2, 0) is 11.3 Å². The minimum absolute atomic E-state index is 0.476. The van der Waals surface area contributed by atoms with Crippen LogP contribution in [0.4, 0.5) is 0 Å². The molecule has 1 unspecified atom stereocenters. The number of nitrogens with zero attached hydrogens (tertiary/aromatic N) is 2. The number of rotatable bonds is 3. The van der Waals surface area contributed by atoms with E-state index in [1.54, 1.807) is 0 Å². The maximum absolute atomic E-state index is 5.55. The monoisotopic (exact) mass is 180 g/mol. The van der Waals surface area contributed by atoms with Crippen LogP contribution in [0.1, 0.15) is 25.0 Å². The summed E-state index contributed by atoms with van der Waals surface area (Å²) in [5.41, 5.74) is 1.23. The fourth-order valence-electron chi connectivity index (χ4n) is 1.77. The molecule has 1 saturated heterocycles. The minimum Gasteiger partial charge on any atom is -0.378 e. The molecule has 1 fully saturated rings. The lowest BCUT2D eigenvalue weighted by Crippen LogP contribution is -2.11. The van der Waals surface area contributed by atoms with E-state index in [1.165, 1.54) is 18.5 Å². The van der Waals surface area contributed by atoms with Gasteiger partial charge in [0.05, 0.1) is 6.10 Å². The van der Waals surface area contributed by atoms with E-state index in [9.17, 15) is 0 Å². The van der Waals surface area contributed by atoms with Crippen molar-refractivity contribution >= 4 is 0 Å². The van der Waals surface area contributed by atoms with Gasteiger partial charge in [0.2, 0.25) is 0 Å². The van der Waals surface area contributed by atoms with Crippen LogP contribution in [0.5, 0.6) is 0 Å². The van der Waals surface area contributed by atoms with Gasteiger partial charge in [0, 0.05) is 25.0 Å². The second-order valence-corrected chi connectivity index (χ2v) is 3.62. The fraction of sp³-hybridized carbons (Fsp3) is 0.700. The molecule has 2 heterocycles. The van der Waals surface area contributed by atoms with Crippen LogP contribution < -0.4 is 0 Å². The SMILES string of the molecule is Cc1ccnn1CCC1CCCO1. The van der Waals surface area contributed by atoms with Crippen molar-refractivity contribution in [3.8, 4) is 0 Å². The van der Waals surface area contributed by atoms with E-state index in [4.69, 9.17) is 4.74 Å². The molecule has 1 aliphatic rings. The summed E-state index contributed by atoms with van der Waals surface area (Å²) in [4.78, 5) is 0. The molecule has 0 aromatic carbocycles. The van der Waals surface area contributed by atoms with Gasteiger partial charge in [-0.05, 0) is 32.3 Å². The molecule has 13 heavy (non-hydrogen) atoms. The van der Waals surface area contributed by atoms with Crippen LogP contribution in [0.15, 0.2) is 12.3 Å². The smallest absolute Gasteiger partial charge is 0.0593 e. The van der Waals surface area contributed by atoms with Gasteiger partial charge < -0.3 is 4.74 Å². The summed E-state index contributed by atoms with van der Waals surface area (Å²) >= 11 is 0. The molecule has 1 aromatic rings. The van der Waals surface area contributed by atoms with Crippen LogP contribution in [-0.4, -0.2) is 22.5 Å². The van der Waals surface area contributed by atoms with Gasteiger partial charge in [-0.1, -0.05) is 0 Å². The summed E-state index contributed by atoms with van der Waals surface area (Å²) in [7, 11) is 0. The molecule has 0 radical (unpaired) electrons. The zero-order valence-electron chi connectivity index (χ0n) is 8.07. The van der Waals surface area contributed by atoms with Crippen LogP contribution in [0, 0.1) is 6.92 Å². The van der Waals surface area contributed by atoms with E-state index in [-0.39, 0.29) is 0 Å². The highest BCUT2D eigenvalue weighted by Crippen LogP contribution is 2.16. The third-order valence-electron chi connectivity index (χ3n) is 2.62. The summed E-state index contributed by atoms with van der Waals surface area (Å²) in [5, 5.41) is 4.24. The van der Waals surface area contributed by atoms with Gasteiger partial charge >= 0.3 is 0 Å². The van der Waals surface area contributed by atoms with E-state index in [0.29, 0.717) is 6.10 Å². The van der Waals surface area contributed by atoms with Crippen LogP contribution in [0.25, 0.3) is 0 Å². The molecule has 72 valence electrons. The molecule has 1 aromatic heterocycles. The first-order valence-corrected chi connectivity index (χ1v) is 4.96. The predicted molar refractivity (Wildman–Crippen MR) is 50.6 cm³/mol. The molecule has 1 aliphatic heterocycles. The third-order valence-corrected chi connectivity index (χ3v) is 2.62. The molecule has 0 N–H and O–H groups in total. The van der Waals surface area contributed by atoms with Crippen LogP contribution >= 0.6 is 0 Å².